The van der Waals surface area contributed by atoms with Crippen LogP contribution in [0.5, 0.6) is 0 Å². The Morgan fingerprint density at radius 1 is 1.11 bits per heavy atom. The predicted molar refractivity (Wildman–Crippen MR) is 106 cm³/mol. The van der Waals surface area contributed by atoms with Gasteiger partial charge < -0.3 is 14.4 Å². The van der Waals surface area contributed by atoms with Gasteiger partial charge in [-0.15, -0.1) is 0 Å². The average Bonchev–Trinajstić information content (AvgIpc) is 3.24. The monoisotopic (exact) mass is 367 g/mol. The summed E-state index contributed by atoms with van der Waals surface area (Å²) in [7, 11) is 1.70. The molecule has 0 amide bonds. The highest BCUT2D eigenvalue weighted by Crippen LogP contribution is 2.29. The summed E-state index contributed by atoms with van der Waals surface area (Å²) in [4.78, 5) is 11.9. The first-order chi connectivity index (χ1) is 13.3. The summed E-state index contributed by atoms with van der Waals surface area (Å²) in [5, 5.41) is 0. The van der Waals surface area contributed by atoms with E-state index in [-0.39, 0.29) is 0 Å². The van der Waals surface area contributed by atoms with Crippen molar-refractivity contribution in [3.63, 3.8) is 0 Å². The van der Waals surface area contributed by atoms with E-state index in [1.54, 1.807) is 7.11 Å². The lowest BCUT2D eigenvalue weighted by atomic mass is 9.90. The SMILES string of the molecule is COCc1nc([C@H]2CCOC2)cc(N2CCC(Cc3ccccc3)CC2)n1. The molecule has 0 N–H and O–H groups in total. The summed E-state index contributed by atoms with van der Waals surface area (Å²) in [6.45, 7) is 4.17. The Hall–Kier alpha value is -1.98. The number of ether oxygens (including phenoxy) is 2. The average molecular weight is 367 g/mol. The standard InChI is InChI=1S/C22H29N3O2/c1-26-16-21-23-20(19-9-12-27-15-19)14-22(24-21)25-10-7-18(8-11-25)13-17-5-3-2-4-6-17/h2-6,14,18-19H,7-13,15-16H2,1H3/t19-/m0/s1. The molecule has 0 unspecified atom stereocenters. The first-order valence-electron chi connectivity index (χ1n) is 10.0. The molecule has 5 heteroatoms. The number of nitrogens with zero attached hydrogens (tertiary/aromatic N) is 3. The van der Waals surface area contributed by atoms with Crippen molar-refractivity contribution in [3.05, 3.63) is 53.5 Å². The van der Waals surface area contributed by atoms with Crippen LogP contribution in [0.1, 0.15) is 42.3 Å². The molecule has 27 heavy (non-hydrogen) atoms. The van der Waals surface area contributed by atoms with E-state index in [1.807, 2.05) is 0 Å². The van der Waals surface area contributed by atoms with Gasteiger partial charge in [0.25, 0.3) is 0 Å². The second-order valence-corrected chi connectivity index (χ2v) is 7.68. The van der Waals surface area contributed by atoms with Crippen LogP contribution in [0.4, 0.5) is 5.82 Å². The fourth-order valence-electron chi connectivity index (χ4n) is 4.15. The smallest absolute Gasteiger partial charge is 0.156 e. The topological polar surface area (TPSA) is 47.5 Å². The van der Waals surface area contributed by atoms with Crippen molar-refractivity contribution in [2.45, 2.75) is 38.2 Å². The third kappa shape index (κ3) is 4.66. The molecule has 2 fully saturated rings. The molecule has 0 saturated carbocycles. The molecule has 2 aromatic rings. The first-order valence-corrected chi connectivity index (χ1v) is 10.0. The molecular formula is C22H29N3O2. The molecular weight excluding hydrogens is 338 g/mol. The predicted octanol–water partition coefficient (Wildman–Crippen LogP) is 3.59. The number of hydrogen-bond donors (Lipinski definition) is 0. The van der Waals surface area contributed by atoms with Crippen LogP contribution in [0.25, 0.3) is 0 Å². The summed E-state index contributed by atoms with van der Waals surface area (Å²) in [6.07, 6.45) is 4.64. The normalized spacial score (nSPS) is 20.9. The van der Waals surface area contributed by atoms with Gasteiger partial charge in [0.2, 0.25) is 0 Å². The number of benzene rings is 1. The highest BCUT2D eigenvalue weighted by molar-refractivity contribution is 5.41. The Morgan fingerprint density at radius 3 is 2.63 bits per heavy atom. The van der Waals surface area contributed by atoms with E-state index >= 15 is 0 Å². The fraction of sp³-hybridized carbons (Fsp3) is 0.545. The van der Waals surface area contributed by atoms with Crippen LogP contribution in [0, 0.1) is 5.92 Å². The Bertz CT molecular complexity index is 724. The third-order valence-electron chi connectivity index (χ3n) is 5.71. The van der Waals surface area contributed by atoms with E-state index in [1.165, 1.54) is 24.8 Å². The molecule has 2 aliphatic heterocycles. The Kier molecular flexibility index (Phi) is 6.00. The molecule has 144 valence electrons. The second-order valence-electron chi connectivity index (χ2n) is 7.68. The van der Waals surface area contributed by atoms with Crippen molar-refractivity contribution < 1.29 is 9.47 Å². The molecule has 2 saturated heterocycles. The van der Waals surface area contributed by atoms with Crippen LogP contribution < -0.4 is 4.90 Å². The van der Waals surface area contributed by atoms with Gasteiger partial charge in [-0.2, -0.15) is 0 Å². The molecule has 0 spiro atoms. The van der Waals surface area contributed by atoms with E-state index in [2.05, 4.69) is 41.3 Å². The number of piperidine rings is 1. The molecule has 4 rings (SSSR count). The van der Waals surface area contributed by atoms with Gasteiger partial charge in [0.05, 0.1) is 12.3 Å². The minimum absolute atomic E-state index is 0.387. The molecule has 5 nitrogen and oxygen atoms in total. The zero-order valence-corrected chi connectivity index (χ0v) is 16.1. The summed E-state index contributed by atoms with van der Waals surface area (Å²) in [6, 6.07) is 13.0. The van der Waals surface area contributed by atoms with Crippen LogP contribution in [-0.2, 0) is 22.5 Å². The first kappa shape index (κ1) is 18.4. The Morgan fingerprint density at radius 2 is 1.93 bits per heavy atom. The zero-order chi connectivity index (χ0) is 18.5. The number of rotatable bonds is 6. The van der Waals surface area contributed by atoms with E-state index in [4.69, 9.17) is 19.4 Å². The Balaban J connectivity index is 1.43. The number of anilines is 1. The highest BCUT2D eigenvalue weighted by Gasteiger charge is 2.24. The Labute approximate surface area is 161 Å². The van der Waals surface area contributed by atoms with Gasteiger partial charge in [0.15, 0.2) is 5.82 Å². The van der Waals surface area contributed by atoms with E-state index in [0.29, 0.717) is 12.5 Å². The molecule has 1 atom stereocenters. The maximum Gasteiger partial charge on any atom is 0.156 e. The van der Waals surface area contributed by atoms with Gasteiger partial charge in [0, 0.05) is 38.8 Å². The summed E-state index contributed by atoms with van der Waals surface area (Å²) in [5.74, 6) is 2.98. The van der Waals surface area contributed by atoms with Crippen LogP contribution in [0.15, 0.2) is 36.4 Å². The van der Waals surface area contributed by atoms with Gasteiger partial charge >= 0.3 is 0 Å². The number of aromatic nitrogens is 2. The largest absolute Gasteiger partial charge is 0.381 e. The van der Waals surface area contributed by atoms with Gasteiger partial charge in [0.1, 0.15) is 12.4 Å². The van der Waals surface area contributed by atoms with Gasteiger partial charge in [-0.05, 0) is 37.2 Å². The molecule has 0 radical (unpaired) electrons. The lowest BCUT2D eigenvalue weighted by Gasteiger charge is -2.33. The lowest BCUT2D eigenvalue weighted by molar-refractivity contribution is 0.177. The van der Waals surface area contributed by atoms with E-state index in [9.17, 15) is 0 Å². The third-order valence-corrected chi connectivity index (χ3v) is 5.71. The fourth-order valence-corrected chi connectivity index (χ4v) is 4.15. The van der Waals surface area contributed by atoms with Crippen molar-refractivity contribution in [3.8, 4) is 0 Å². The number of methoxy groups -OCH3 is 1. The molecule has 0 aliphatic carbocycles. The summed E-state index contributed by atoms with van der Waals surface area (Å²) >= 11 is 0. The van der Waals surface area contributed by atoms with Crippen molar-refractivity contribution >= 4 is 5.82 Å². The summed E-state index contributed by atoms with van der Waals surface area (Å²) < 4.78 is 10.9. The van der Waals surface area contributed by atoms with Crippen LogP contribution in [0.2, 0.25) is 0 Å². The molecule has 2 aliphatic rings. The van der Waals surface area contributed by atoms with E-state index < -0.39 is 0 Å². The van der Waals surface area contributed by atoms with Gasteiger partial charge in [-0.25, -0.2) is 9.97 Å². The highest BCUT2D eigenvalue weighted by atomic mass is 16.5. The minimum Gasteiger partial charge on any atom is -0.381 e. The maximum absolute atomic E-state index is 5.56. The molecule has 1 aromatic heterocycles. The van der Waals surface area contributed by atoms with Crippen molar-refractivity contribution in [2.75, 3.05) is 38.3 Å². The van der Waals surface area contributed by atoms with E-state index in [0.717, 1.165) is 56.0 Å². The van der Waals surface area contributed by atoms with Crippen molar-refractivity contribution in [2.24, 2.45) is 5.92 Å². The van der Waals surface area contributed by atoms with Gasteiger partial charge in [-0.1, -0.05) is 30.3 Å². The number of hydrogen-bond acceptors (Lipinski definition) is 5. The quantitative estimate of drug-likeness (QED) is 0.781. The zero-order valence-electron chi connectivity index (χ0n) is 16.1. The van der Waals surface area contributed by atoms with Crippen LogP contribution in [-0.4, -0.2) is 43.4 Å². The maximum atomic E-state index is 5.56. The molecule has 0 bridgehead atoms. The lowest BCUT2D eigenvalue weighted by Crippen LogP contribution is -2.35. The summed E-state index contributed by atoms with van der Waals surface area (Å²) in [5.41, 5.74) is 2.56. The minimum atomic E-state index is 0.387. The van der Waals surface area contributed by atoms with Crippen molar-refractivity contribution in [1.82, 2.24) is 9.97 Å². The molecule has 1 aromatic carbocycles. The second kappa shape index (κ2) is 8.81. The van der Waals surface area contributed by atoms with Crippen LogP contribution in [0.3, 0.4) is 0 Å². The van der Waals surface area contributed by atoms with Crippen molar-refractivity contribution in [1.29, 1.82) is 0 Å². The van der Waals surface area contributed by atoms with Gasteiger partial charge in [-0.3, -0.25) is 0 Å². The molecule has 3 heterocycles. The van der Waals surface area contributed by atoms with Crippen LogP contribution >= 0.6 is 0 Å².